The van der Waals surface area contributed by atoms with Crippen molar-refractivity contribution in [2.45, 2.75) is 38.9 Å². The average Bonchev–Trinajstić information content (AvgIpc) is 2.69. The largest absolute Gasteiger partial charge is 0.482 e. The monoisotopic (exact) mass is 764 g/mol. The van der Waals surface area contributed by atoms with E-state index >= 15 is 0 Å². The molecule has 0 fully saturated rings. The molecule has 14 heteroatoms. The number of benzene rings is 1. The predicted octanol–water partition coefficient (Wildman–Crippen LogP) is 0.220. The van der Waals surface area contributed by atoms with Crippen molar-refractivity contribution in [3.63, 3.8) is 0 Å². The minimum Gasteiger partial charge on any atom is -0.482 e. The van der Waals surface area contributed by atoms with Gasteiger partial charge in [-0.05, 0) is 37.1 Å². The van der Waals surface area contributed by atoms with Gasteiger partial charge in [0.1, 0.15) is 12.1 Å². The Balaban J connectivity index is -0.00000320. The molecule has 3 unspecified atom stereocenters. The molecule has 179 valence electrons. The Kier molecular flexibility index (Phi) is 22.3. The Labute approximate surface area is 282 Å². The minimum atomic E-state index is -1.36. The molecule has 1 aromatic carbocycles. The summed E-state index contributed by atoms with van der Waals surface area (Å²) in [5.74, 6) is -4.05. The van der Waals surface area contributed by atoms with Crippen LogP contribution in [0.15, 0.2) is 28.7 Å². The fourth-order valence-corrected chi connectivity index (χ4v) is 2.62. The van der Waals surface area contributed by atoms with E-state index in [9.17, 15) is 24.0 Å². The summed E-state index contributed by atoms with van der Waals surface area (Å²) in [5.41, 5.74) is 0.373. The van der Waals surface area contributed by atoms with Crippen molar-refractivity contribution >= 4 is 45.5 Å². The maximum absolute atomic E-state index is 12.4. The molecule has 0 aliphatic heterocycles. The van der Waals surface area contributed by atoms with Gasteiger partial charge in [0.25, 0.3) is 11.9 Å². The summed E-state index contributed by atoms with van der Waals surface area (Å²) in [6.45, 7) is 7.71. The van der Waals surface area contributed by atoms with Crippen LogP contribution in [0.4, 0.5) is 0 Å². The van der Waals surface area contributed by atoms with Crippen molar-refractivity contribution < 1.29 is 127 Å². The molecule has 0 bridgehead atoms. The van der Waals surface area contributed by atoms with Crippen molar-refractivity contribution in [2.24, 2.45) is 5.92 Å². The molecule has 0 heterocycles. The van der Waals surface area contributed by atoms with Crippen LogP contribution in [0, 0.1) is 12.8 Å². The van der Waals surface area contributed by atoms with Crippen LogP contribution in [0.3, 0.4) is 0 Å². The molecular formula is C20H26BrN4O6Y3-. The number of rotatable bonds is 10. The third kappa shape index (κ3) is 14.2. The zero-order valence-electron chi connectivity index (χ0n) is 19.1. The van der Waals surface area contributed by atoms with Crippen molar-refractivity contribution in [1.82, 2.24) is 21.3 Å². The number of carboxylic acids is 1. The summed E-state index contributed by atoms with van der Waals surface area (Å²) >= 11 is 3.26. The normalized spacial score (nSPS) is 12.3. The van der Waals surface area contributed by atoms with E-state index < -0.39 is 47.7 Å². The van der Waals surface area contributed by atoms with E-state index in [4.69, 9.17) is 5.11 Å². The Morgan fingerprint density at radius 2 is 1.44 bits per heavy atom. The summed E-state index contributed by atoms with van der Waals surface area (Å²) in [4.78, 5) is 59.6. The number of amides is 4. The summed E-state index contributed by atoms with van der Waals surface area (Å²) in [5, 5.41) is 18.4. The van der Waals surface area contributed by atoms with Crippen LogP contribution in [0.5, 0.6) is 0 Å². The van der Waals surface area contributed by atoms with Crippen LogP contribution < -0.4 is 21.3 Å². The first kappa shape index (κ1) is 38.9. The molecule has 1 rings (SSSR count). The maximum Gasteiger partial charge on any atom is 0.294 e. The number of carbonyl (C=O) groups excluding carboxylic acids is 4. The van der Waals surface area contributed by atoms with Gasteiger partial charge >= 0.3 is 0 Å². The van der Waals surface area contributed by atoms with Crippen LogP contribution in [0.2, 0.25) is 0 Å². The van der Waals surface area contributed by atoms with Crippen LogP contribution in [0.25, 0.3) is 0 Å². The first-order valence-corrected chi connectivity index (χ1v) is 10.2. The second kappa shape index (κ2) is 19.5. The molecule has 10 nitrogen and oxygen atoms in total. The second-order valence-corrected chi connectivity index (χ2v) is 8.02. The maximum atomic E-state index is 12.4. The molecular weight excluding hydrogens is 739 g/mol. The van der Waals surface area contributed by atoms with E-state index in [0.29, 0.717) is 5.56 Å². The molecule has 3 radical (unpaired) electrons. The minimum absolute atomic E-state index is 0. The second-order valence-electron chi connectivity index (χ2n) is 7.11. The van der Waals surface area contributed by atoms with Gasteiger partial charge in [-0.15, -0.1) is 0 Å². The molecule has 0 spiro atoms. The first-order chi connectivity index (χ1) is 14.4. The average molecular weight is 765 g/mol. The van der Waals surface area contributed by atoms with E-state index in [1.165, 1.54) is 6.92 Å². The molecule has 0 aromatic heterocycles. The van der Waals surface area contributed by atoms with Gasteiger partial charge in [0, 0.05) is 114 Å². The fourth-order valence-electron chi connectivity index (χ4n) is 2.36. The van der Waals surface area contributed by atoms with Gasteiger partial charge in [0.2, 0.25) is 17.7 Å². The molecule has 0 saturated heterocycles. The van der Waals surface area contributed by atoms with Crippen molar-refractivity contribution in [3.8, 4) is 0 Å². The van der Waals surface area contributed by atoms with E-state index in [-0.39, 0.29) is 111 Å². The van der Waals surface area contributed by atoms with E-state index in [1.54, 1.807) is 38.1 Å². The van der Waals surface area contributed by atoms with Gasteiger partial charge in [0.05, 0.1) is 6.54 Å². The van der Waals surface area contributed by atoms with Gasteiger partial charge in [-0.3, -0.25) is 24.0 Å². The number of halogens is 1. The number of carbonyl (C=O) groups is 5. The topological polar surface area (TPSA) is 154 Å². The van der Waals surface area contributed by atoms with Crippen LogP contribution >= 0.6 is 15.9 Å². The van der Waals surface area contributed by atoms with E-state index in [0.717, 1.165) is 4.47 Å². The number of aliphatic carboxylic acids is 1. The summed E-state index contributed by atoms with van der Waals surface area (Å²) in [6.07, 6.45) is 0. The zero-order valence-corrected chi connectivity index (χ0v) is 29.2. The van der Waals surface area contributed by atoms with Crippen LogP contribution in [-0.2, 0) is 117 Å². The van der Waals surface area contributed by atoms with Crippen molar-refractivity contribution in [3.05, 3.63) is 41.2 Å². The number of hydrogen-bond donors (Lipinski definition) is 5. The Bertz CT molecular complexity index is 842. The van der Waals surface area contributed by atoms with Crippen LogP contribution in [-0.4, -0.2) is 59.4 Å². The third-order valence-corrected chi connectivity index (χ3v) is 4.68. The van der Waals surface area contributed by atoms with E-state index in [2.05, 4.69) is 44.1 Å². The molecule has 34 heavy (non-hydrogen) atoms. The molecule has 1 aromatic rings. The third-order valence-electron chi connectivity index (χ3n) is 4.15. The zero-order chi connectivity index (χ0) is 23.7. The molecule has 4 amide bonds. The van der Waals surface area contributed by atoms with Gasteiger partial charge < -0.3 is 33.3 Å². The van der Waals surface area contributed by atoms with Crippen molar-refractivity contribution in [1.29, 1.82) is 0 Å². The molecule has 0 saturated carbocycles. The number of carboxylic acid groups (broad SMARTS) is 1. The van der Waals surface area contributed by atoms with Gasteiger partial charge in [0.15, 0.2) is 0 Å². The van der Waals surface area contributed by atoms with Gasteiger partial charge in [-0.25, -0.2) is 0 Å². The summed E-state index contributed by atoms with van der Waals surface area (Å²) in [7, 11) is 0. The molecule has 0 aliphatic rings. The Morgan fingerprint density at radius 1 is 0.912 bits per heavy atom. The van der Waals surface area contributed by atoms with Crippen molar-refractivity contribution in [2.75, 3.05) is 6.54 Å². The predicted molar refractivity (Wildman–Crippen MR) is 116 cm³/mol. The Morgan fingerprint density at radius 3 is 1.91 bits per heavy atom. The summed E-state index contributed by atoms with van der Waals surface area (Å²) in [6, 6.07) is 3.17. The summed E-state index contributed by atoms with van der Waals surface area (Å²) < 4.78 is 0.809. The molecule has 5 N–H and O–H groups in total. The van der Waals surface area contributed by atoms with Gasteiger partial charge in [-0.2, -0.15) is 0 Å². The molecule has 3 atom stereocenters. The smallest absolute Gasteiger partial charge is 0.294 e. The van der Waals surface area contributed by atoms with Crippen LogP contribution in [0.1, 0.15) is 31.1 Å². The van der Waals surface area contributed by atoms with Gasteiger partial charge in [-0.1, -0.05) is 29.8 Å². The quantitative estimate of drug-likeness (QED) is 0.215. The molecule has 0 aliphatic carbocycles. The fraction of sp³-hybridized carbons (Fsp3) is 0.400. The first-order valence-electron chi connectivity index (χ1n) is 9.42. The number of nitrogens with one attached hydrogen (secondary N) is 4. The Hall–Kier alpha value is 0.362. The standard InChI is InChI=1S/C20H26BrN4O6.3Y/c1-10(2)16(19(29)24-12(4)20(30)31)25-17(27)11(3)23-15(26)9-22-18(28)13-5-7-14(21)8-6-13;;;/h5-8,10-12,16H,4,9H2,1-3H3,(H,22,28)(H,23,26)(H,24,29)(H,25,27)(H,30,31);;;/q-1;;;. The SMILES string of the molecule is [CH2-]C(NC(=O)C(NC(=O)C(C)NC(=O)CNC(=O)c1ccc(Br)cc1)C(C)C)C(=O)O.[Y].[Y].[Y]. The number of hydrogen-bond acceptors (Lipinski definition) is 5. The van der Waals surface area contributed by atoms with E-state index in [1.807, 2.05) is 0 Å².